The molecule has 4 heterocycles. The normalized spacial score (nSPS) is 23.2. The van der Waals surface area contributed by atoms with Gasteiger partial charge in [-0.15, -0.1) is 0 Å². The topological polar surface area (TPSA) is 134 Å². The second-order valence-corrected chi connectivity index (χ2v) is 16.6. The van der Waals surface area contributed by atoms with E-state index in [1.165, 1.54) is 0 Å². The predicted octanol–water partition coefficient (Wildman–Crippen LogP) is 6.70. The maximum Gasteiger partial charge on any atom is 0.262 e. The second-order valence-electron chi connectivity index (χ2n) is 16.2. The van der Waals surface area contributed by atoms with Gasteiger partial charge in [0.25, 0.3) is 17.7 Å². The van der Waals surface area contributed by atoms with E-state index in [1.807, 2.05) is 36.7 Å². The number of aromatic nitrogens is 1. The smallest absolute Gasteiger partial charge is 0.262 e. The van der Waals surface area contributed by atoms with Crippen LogP contribution in [0, 0.1) is 17.4 Å². The average molecular weight is 761 g/mol. The summed E-state index contributed by atoms with van der Waals surface area (Å²) in [5.74, 6) is -1.60. The molecule has 5 amide bonds. The van der Waals surface area contributed by atoms with Gasteiger partial charge in [-0.25, -0.2) is 4.85 Å². The van der Waals surface area contributed by atoms with Crippen molar-refractivity contribution in [2.75, 3.05) is 18.0 Å². The first-order valence-corrected chi connectivity index (χ1v) is 18.9. The first-order chi connectivity index (χ1) is 26.2. The van der Waals surface area contributed by atoms with Crippen LogP contribution in [0.15, 0.2) is 67.0 Å². The van der Waals surface area contributed by atoms with E-state index in [2.05, 4.69) is 52.6 Å². The molecule has 1 unspecified atom stereocenters. The molecule has 12 nitrogen and oxygen atoms in total. The zero-order valence-corrected chi connectivity index (χ0v) is 31.8. The molecule has 1 aliphatic carbocycles. The van der Waals surface area contributed by atoms with Crippen LogP contribution in [-0.2, 0) is 9.59 Å². The number of nitrogens with zero attached hydrogens (tertiary/aromatic N) is 4. The van der Waals surface area contributed by atoms with E-state index in [0.717, 1.165) is 47.3 Å². The van der Waals surface area contributed by atoms with Gasteiger partial charge in [0, 0.05) is 76.8 Å². The summed E-state index contributed by atoms with van der Waals surface area (Å²) in [4.78, 5) is 70.9. The summed E-state index contributed by atoms with van der Waals surface area (Å²) in [5.41, 5.74) is 1.82. The fourth-order valence-electron chi connectivity index (χ4n) is 9.39. The number of rotatable bonds is 7. The molecule has 1 saturated carbocycles. The number of fused-ring (bicyclic) bond motifs is 2. The molecule has 282 valence electrons. The number of halogens is 1. The predicted molar refractivity (Wildman–Crippen MR) is 206 cm³/mol. The summed E-state index contributed by atoms with van der Waals surface area (Å²) in [6.07, 6.45) is 5.80. The lowest BCUT2D eigenvalue weighted by Crippen LogP contribution is -2.74. The molecule has 0 spiro atoms. The Labute approximate surface area is 323 Å². The van der Waals surface area contributed by atoms with Crippen LogP contribution in [0.5, 0.6) is 5.75 Å². The minimum atomic E-state index is -0.992. The van der Waals surface area contributed by atoms with Gasteiger partial charge in [0.2, 0.25) is 17.5 Å². The minimum absolute atomic E-state index is 0.0779. The van der Waals surface area contributed by atoms with E-state index < -0.39 is 29.7 Å². The molecule has 4 aliphatic rings. The van der Waals surface area contributed by atoms with Gasteiger partial charge in [0.15, 0.2) is 0 Å². The number of piperidine rings is 2. The van der Waals surface area contributed by atoms with Gasteiger partial charge < -0.3 is 19.5 Å². The van der Waals surface area contributed by atoms with Crippen LogP contribution >= 0.6 is 11.6 Å². The van der Waals surface area contributed by atoms with Crippen molar-refractivity contribution in [2.45, 2.75) is 77.6 Å². The second kappa shape index (κ2) is 13.3. The fraction of sp³-hybridized carbons (Fsp3) is 0.381. The number of hydrogen-bond donors (Lipinski definition) is 2. The van der Waals surface area contributed by atoms with Crippen molar-refractivity contribution in [1.29, 1.82) is 0 Å². The molecular formula is C42H41ClN6O6. The Morgan fingerprint density at radius 3 is 2.07 bits per heavy atom. The zero-order chi connectivity index (χ0) is 39.0. The van der Waals surface area contributed by atoms with Crippen molar-refractivity contribution in [3.63, 3.8) is 0 Å². The molecule has 8 rings (SSSR count). The van der Waals surface area contributed by atoms with Crippen molar-refractivity contribution in [2.24, 2.45) is 10.8 Å². The van der Waals surface area contributed by atoms with Crippen LogP contribution in [0.2, 0.25) is 5.02 Å². The highest BCUT2D eigenvalue weighted by Crippen LogP contribution is 2.55. The third kappa shape index (κ3) is 6.11. The molecule has 1 aromatic heterocycles. The maximum atomic E-state index is 13.5. The standard InChI is InChI=1S/C42H41ClN6O6/c1-41(2)39(42(3,4)40(41)55-28-10-11-32(44-5)31(43)20-28)46-35(51)23-6-8-26(9-7-23)47-16-14-27(15-17-47)48-21-24-18-29-30(19-25(24)22-48)38(54)49(37(29)53)33-12-13-34(50)45-36(33)52/h6-11,18-22,27,33,39-40H,12-17H2,1-4H3,(H,46,51)(H,45,50,52). The lowest BCUT2D eigenvalue weighted by atomic mass is 9.49. The van der Waals surface area contributed by atoms with Gasteiger partial charge in [-0.1, -0.05) is 45.4 Å². The molecule has 3 aliphatic heterocycles. The van der Waals surface area contributed by atoms with Crippen molar-refractivity contribution in [3.05, 3.63) is 100 Å². The van der Waals surface area contributed by atoms with Crippen LogP contribution in [0.25, 0.3) is 15.6 Å². The lowest BCUT2D eigenvalue weighted by molar-refractivity contribution is -0.164. The SMILES string of the molecule is [C-]#[N+]c1ccc(OC2C(C)(C)C(NC(=O)c3ccc(N4CCC(n5cc6cc7c(cc6c5)C(=O)N(C5CCC(=O)NC5=O)C7=O)CC4)cc3)C2(C)C)cc1Cl. The number of benzene rings is 3. The molecule has 0 radical (unpaired) electrons. The lowest BCUT2D eigenvalue weighted by Gasteiger charge is -2.63. The van der Waals surface area contributed by atoms with Gasteiger partial charge >= 0.3 is 0 Å². The van der Waals surface area contributed by atoms with E-state index in [-0.39, 0.29) is 58.9 Å². The van der Waals surface area contributed by atoms with Gasteiger partial charge in [-0.05, 0) is 67.8 Å². The molecule has 2 N–H and O–H groups in total. The summed E-state index contributed by atoms with van der Waals surface area (Å²) >= 11 is 6.25. The number of carbonyl (C=O) groups is 5. The number of hydrogen-bond acceptors (Lipinski definition) is 7. The number of ether oxygens (including phenoxy) is 1. The minimum Gasteiger partial charge on any atom is -0.489 e. The molecule has 4 aromatic rings. The summed E-state index contributed by atoms with van der Waals surface area (Å²) in [6, 6.07) is 15.3. The molecular weight excluding hydrogens is 720 g/mol. The molecule has 3 fully saturated rings. The van der Waals surface area contributed by atoms with Crippen LogP contribution in [-0.4, -0.2) is 70.3 Å². The number of anilines is 1. The Kier molecular flexibility index (Phi) is 8.76. The average Bonchev–Trinajstić information content (AvgIpc) is 3.69. The molecule has 1 atom stereocenters. The highest BCUT2D eigenvalue weighted by atomic mass is 35.5. The third-order valence-corrected chi connectivity index (χ3v) is 12.3. The van der Waals surface area contributed by atoms with E-state index >= 15 is 0 Å². The molecule has 0 bridgehead atoms. The van der Waals surface area contributed by atoms with E-state index in [1.54, 1.807) is 30.3 Å². The molecule has 2 saturated heterocycles. The monoisotopic (exact) mass is 760 g/mol. The Morgan fingerprint density at radius 2 is 1.51 bits per heavy atom. The first-order valence-electron chi connectivity index (χ1n) is 18.5. The number of carbonyl (C=O) groups excluding carboxylic acids is 5. The fourth-order valence-corrected chi connectivity index (χ4v) is 9.60. The van der Waals surface area contributed by atoms with Crippen molar-refractivity contribution in [3.8, 4) is 5.75 Å². The zero-order valence-electron chi connectivity index (χ0n) is 31.0. The summed E-state index contributed by atoms with van der Waals surface area (Å²) in [5, 5.41) is 7.53. The summed E-state index contributed by atoms with van der Waals surface area (Å²) in [7, 11) is 0. The molecule has 55 heavy (non-hydrogen) atoms. The van der Waals surface area contributed by atoms with Crippen LogP contribution < -0.4 is 20.3 Å². The van der Waals surface area contributed by atoms with Gasteiger partial charge in [0.1, 0.15) is 17.9 Å². The van der Waals surface area contributed by atoms with Gasteiger partial charge in [-0.3, -0.25) is 34.2 Å². The van der Waals surface area contributed by atoms with Crippen molar-refractivity contribution >= 4 is 63.3 Å². The Morgan fingerprint density at radius 1 is 0.891 bits per heavy atom. The maximum absolute atomic E-state index is 13.5. The number of amides is 5. The largest absolute Gasteiger partial charge is 0.489 e. The van der Waals surface area contributed by atoms with Crippen LogP contribution in [0.4, 0.5) is 11.4 Å². The van der Waals surface area contributed by atoms with E-state index in [0.29, 0.717) is 22.0 Å². The summed E-state index contributed by atoms with van der Waals surface area (Å²) in [6.45, 7) is 17.2. The highest BCUT2D eigenvalue weighted by Gasteiger charge is 2.64. The van der Waals surface area contributed by atoms with Gasteiger partial charge in [-0.2, -0.15) is 0 Å². The summed E-state index contributed by atoms with van der Waals surface area (Å²) < 4.78 is 8.54. The molecule has 3 aromatic carbocycles. The van der Waals surface area contributed by atoms with Crippen LogP contribution in [0.3, 0.4) is 0 Å². The van der Waals surface area contributed by atoms with Crippen LogP contribution in [0.1, 0.15) is 90.5 Å². The van der Waals surface area contributed by atoms with E-state index in [4.69, 9.17) is 22.9 Å². The quantitative estimate of drug-likeness (QED) is 0.158. The molecule has 13 heteroatoms. The van der Waals surface area contributed by atoms with Crippen molar-refractivity contribution < 1.29 is 28.7 Å². The van der Waals surface area contributed by atoms with E-state index in [9.17, 15) is 24.0 Å². The third-order valence-electron chi connectivity index (χ3n) is 12.0. The number of imide groups is 2. The Hall–Kier alpha value is -5.67. The van der Waals surface area contributed by atoms with Gasteiger partial charge in [0.05, 0.1) is 22.7 Å². The highest BCUT2D eigenvalue weighted by molar-refractivity contribution is 6.33. The van der Waals surface area contributed by atoms with Crippen molar-refractivity contribution in [1.82, 2.24) is 20.1 Å². The Balaban J connectivity index is 0.876. The first kappa shape index (κ1) is 36.3. The number of nitrogens with one attached hydrogen (secondary N) is 2. The Bertz CT molecular complexity index is 2270.